The molecule has 1 heterocycles. The number of nitrogens with one attached hydrogen (secondary N) is 2. The number of rotatable bonds is 7. The van der Waals surface area contributed by atoms with Gasteiger partial charge in [0.1, 0.15) is 0 Å². The van der Waals surface area contributed by atoms with Crippen LogP contribution in [-0.2, 0) is 0 Å². The van der Waals surface area contributed by atoms with E-state index in [1.807, 2.05) is 11.4 Å². The second-order valence-corrected chi connectivity index (χ2v) is 5.75. The molecule has 108 valence electrons. The molecule has 4 nitrogen and oxygen atoms in total. The van der Waals surface area contributed by atoms with Crippen molar-refractivity contribution in [1.82, 2.24) is 10.6 Å². The average molecular weight is 284 g/mol. The van der Waals surface area contributed by atoms with Gasteiger partial charge < -0.3 is 15.7 Å². The lowest BCUT2D eigenvalue weighted by Crippen LogP contribution is -2.45. The maximum atomic E-state index is 11.9. The van der Waals surface area contributed by atoms with Gasteiger partial charge in [0.05, 0.1) is 18.7 Å². The van der Waals surface area contributed by atoms with E-state index in [-0.39, 0.29) is 24.7 Å². The lowest BCUT2D eigenvalue weighted by molar-refractivity contribution is 0.212. The maximum absolute atomic E-state index is 11.9. The summed E-state index contributed by atoms with van der Waals surface area (Å²) in [7, 11) is 0. The minimum absolute atomic E-state index is 0.0425. The molecular weight excluding hydrogens is 260 g/mol. The van der Waals surface area contributed by atoms with Crippen molar-refractivity contribution < 1.29 is 9.90 Å². The fourth-order valence-electron chi connectivity index (χ4n) is 2.10. The molecule has 1 rings (SSSR count). The third-order valence-electron chi connectivity index (χ3n) is 3.31. The summed E-state index contributed by atoms with van der Waals surface area (Å²) < 4.78 is 0. The Kier molecular flexibility index (Phi) is 6.87. The Labute approximate surface area is 119 Å². The van der Waals surface area contributed by atoms with Gasteiger partial charge in [0.25, 0.3) is 0 Å². The molecule has 0 fully saturated rings. The van der Waals surface area contributed by atoms with Gasteiger partial charge in [-0.3, -0.25) is 0 Å². The van der Waals surface area contributed by atoms with E-state index < -0.39 is 0 Å². The fourth-order valence-corrected chi connectivity index (χ4v) is 2.97. The Hall–Kier alpha value is -1.07. The van der Waals surface area contributed by atoms with Crippen LogP contribution < -0.4 is 10.6 Å². The molecule has 0 bridgehead atoms. The van der Waals surface area contributed by atoms with E-state index in [1.54, 1.807) is 18.3 Å². The van der Waals surface area contributed by atoms with Gasteiger partial charge in [-0.1, -0.05) is 32.8 Å². The third-order valence-corrected chi connectivity index (χ3v) is 4.26. The van der Waals surface area contributed by atoms with Crippen molar-refractivity contribution in [2.75, 3.05) is 6.61 Å². The lowest BCUT2D eigenvalue weighted by atomic mass is 9.93. The zero-order valence-electron chi connectivity index (χ0n) is 11.8. The number of carbonyl (C=O) groups is 1. The molecule has 0 spiro atoms. The number of hydrogen-bond donors (Lipinski definition) is 3. The van der Waals surface area contributed by atoms with Crippen molar-refractivity contribution >= 4 is 17.4 Å². The maximum Gasteiger partial charge on any atom is 0.315 e. The molecule has 2 atom stereocenters. The standard InChI is InChI=1S/C14H24N2O2S/c1-4-11(5-2)13(12-7-6-8-19-12)16-14(18)15-10(3)9-17/h6-8,10-11,13,17H,4-5,9H2,1-3H3,(H2,15,16,18)/t10-,13?/m0/s1. The molecule has 0 aliphatic heterocycles. The van der Waals surface area contributed by atoms with E-state index in [0.29, 0.717) is 5.92 Å². The number of aliphatic hydroxyl groups excluding tert-OH is 1. The molecule has 0 aliphatic rings. The number of carbonyl (C=O) groups excluding carboxylic acids is 1. The minimum Gasteiger partial charge on any atom is -0.394 e. The van der Waals surface area contributed by atoms with Crippen molar-refractivity contribution in [2.45, 2.75) is 45.7 Å². The van der Waals surface area contributed by atoms with Crippen LogP contribution in [0.25, 0.3) is 0 Å². The topological polar surface area (TPSA) is 61.4 Å². The van der Waals surface area contributed by atoms with Crippen LogP contribution in [-0.4, -0.2) is 23.8 Å². The van der Waals surface area contributed by atoms with Crippen molar-refractivity contribution in [3.8, 4) is 0 Å². The number of aliphatic hydroxyl groups is 1. The molecule has 1 aromatic rings. The van der Waals surface area contributed by atoms with Crippen LogP contribution in [0.3, 0.4) is 0 Å². The summed E-state index contributed by atoms with van der Waals surface area (Å²) in [6, 6.07) is 3.66. The van der Waals surface area contributed by atoms with E-state index in [0.717, 1.165) is 12.8 Å². The van der Waals surface area contributed by atoms with E-state index in [2.05, 4.69) is 30.5 Å². The summed E-state index contributed by atoms with van der Waals surface area (Å²) >= 11 is 1.66. The van der Waals surface area contributed by atoms with Gasteiger partial charge in [0, 0.05) is 4.88 Å². The molecular formula is C14H24N2O2S. The van der Waals surface area contributed by atoms with Crippen LogP contribution in [0.5, 0.6) is 0 Å². The first-order chi connectivity index (χ1) is 9.12. The van der Waals surface area contributed by atoms with Crippen LogP contribution in [0.1, 0.15) is 44.5 Å². The molecule has 2 amide bonds. The summed E-state index contributed by atoms with van der Waals surface area (Å²) in [5, 5.41) is 16.8. The smallest absolute Gasteiger partial charge is 0.315 e. The molecule has 3 N–H and O–H groups in total. The first-order valence-electron chi connectivity index (χ1n) is 6.83. The van der Waals surface area contributed by atoms with E-state index in [1.165, 1.54) is 4.88 Å². The first-order valence-corrected chi connectivity index (χ1v) is 7.71. The van der Waals surface area contributed by atoms with Gasteiger partial charge in [-0.05, 0) is 24.3 Å². The van der Waals surface area contributed by atoms with Crippen LogP contribution in [0.4, 0.5) is 4.79 Å². The molecule has 19 heavy (non-hydrogen) atoms. The van der Waals surface area contributed by atoms with Crippen molar-refractivity contribution in [3.63, 3.8) is 0 Å². The van der Waals surface area contributed by atoms with Gasteiger partial charge >= 0.3 is 6.03 Å². The zero-order valence-corrected chi connectivity index (χ0v) is 12.7. The van der Waals surface area contributed by atoms with Gasteiger partial charge in [0.2, 0.25) is 0 Å². The second-order valence-electron chi connectivity index (χ2n) is 4.77. The van der Waals surface area contributed by atoms with Crippen molar-refractivity contribution in [1.29, 1.82) is 0 Å². The molecule has 5 heteroatoms. The quantitative estimate of drug-likeness (QED) is 0.721. The van der Waals surface area contributed by atoms with Crippen LogP contribution in [0.2, 0.25) is 0 Å². The highest BCUT2D eigenvalue weighted by Gasteiger charge is 2.23. The Morgan fingerprint density at radius 2 is 2.05 bits per heavy atom. The summed E-state index contributed by atoms with van der Waals surface area (Å²) in [5.41, 5.74) is 0. The Bertz CT molecular complexity index is 364. The normalized spacial score (nSPS) is 14.2. The Morgan fingerprint density at radius 1 is 1.37 bits per heavy atom. The summed E-state index contributed by atoms with van der Waals surface area (Å²) in [6.07, 6.45) is 2.05. The molecule has 0 aromatic carbocycles. The Balaban J connectivity index is 2.72. The predicted octanol–water partition coefficient (Wildman–Crippen LogP) is 2.91. The van der Waals surface area contributed by atoms with E-state index in [9.17, 15) is 4.79 Å². The minimum atomic E-state index is -0.231. The zero-order chi connectivity index (χ0) is 14.3. The van der Waals surface area contributed by atoms with Crippen molar-refractivity contribution in [2.24, 2.45) is 5.92 Å². The van der Waals surface area contributed by atoms with E-state index >= 15 is 0 Å². The van der Waals surface area contributed by atoms with Crippen LogP contribution >= 0.6 is 11.3 Å². The molecule has 0 saturated heterocycles. The van der Waals surface area contributed by atoms with Crippen LogP contribution in [0.15, 0.2) is 17.5 Å². The number of hydrogen-bond acceptors (Lipinski definition) is 3. The highest BCUT2D eigenvalue weighted by Crippen LogP contribution is 2.30. The number of thiophene rings is 1. The van der Waals surface area contributed by atoms with Gasteiger partial charge in [-0.15, -0.1) is 11.3 Å². The highest BCUT2D eigenvalue weighted by atomic mass is 32.1. The first kappa shape index (κ1) is 16.0. The molecule has 0 aliphatic carbocycles. The van der Waals surface area contributed by atoms with Gasteiger partial charge in [-0.25, -0.2) is 4.79 Å². The SMILES string of the molecule is CCC(CC)C(NC(=O)N[C@@H](C)CO)c1cccs1. The predicted molar refractivity (Wildman–Crippen MR) is 79.3 cm³/mol. The van der Waals surface area contributed by atoms with Crippen LogP contribution in [0, 0.1) is 5.92 Å². The fraction of sp³-hybridized carbons (Fsp3) is 0.643. The van der Waals surface area contributed by atoms with Crippen molar-refractivity contribution in [3.05, 3.63) is 22.4 Å². The summed E-state index contributed by atoms with van der Waals surface area (Å²) in [6.45, 7) is 6.01. The highest BCUT2D eigenvalue weighted by molar-refractivity contribution is 7.10. The second kappa shape index (κ2) is 8.17. The number of amides is 2. The monoisotopic (exact) mass is 284 g/mol. The number of urea groups is 1. The molecule has 0 radical (unpaired) electrons. The summed E-state index contributed by atoms with van der Waals surface area (Å²) in [4.78, 5) is 13.1. The Morgan fingerprint density at radius 3 is 2.53 bits per heavy atom. The molecule has 1 unspecified atom stereocenters. The molecule has 1 aromatic heterocycles. The van der Waals surface area contributed by atoms with E-state index in [4.69, 9.17) is 5.11 Å². The largest absolute Gasteiger partial charge is 0.394 e. The van der Waals surface area contributed by atoms with Gasteiger partial charge in [0.15, 0.2) is 0 Å². The average Bonchev–Trinajstić information content (AvgIpc) is 2.92. The molecule has 0 saturated carbocycles. The van der Waals surface area contributed by atoms with Gasteiger partial charge in [-0.2, -0.15) is 0 Å². The lowest BCUT2D eigenvalue weighted by Gasteiger charge is -2.26. The third kappa shape index (κ3) is 4.84. The summed E-state index contributed by atoms with van der Waals surface area (Å²) in [5.74, 6) is 0.425.